The molecule has 1 N–H and O–H groups in total. The van der Waals surface area contributed by atoms with Crippen LogP contribution in [0, 0.1) is 11.7 Å². The van der Waals surface area contributed by atoms with Gasteiger partial charge in [0.2, 0.25) is 5.91 Å². The number of hydrogen-bond donors (Lipinski definition) is 1. The van der Waals surface area contributed by atoms with Crippen LogP contribution in [0.25, 0.3) is 0 Å². The number of halogens is 1. The number of nitrogens with one attached hydrogen (secondary N) is 1. The second-order valence-corrected chi connectivity index (χ2v) is 4.92. The molecule has 1 amide bonds. The standard InChI is InChI=1S/C13H14FNO/c14-11-4-2-1-3-10(11)13-6-5-9(7-13)12(16)15-8-13/h1-4,9H,5-8H2,(H,15,16). The molecule has 2 unspecified atom stereocenters. The Morgan fingerprint density at radius 1 is 1.38 bits per heavy atom. The molecular weight excluding hydrogens is 205 g/mol. The molecular formula is C13H14FNO. The van der Waals surface area contributed by atoms with Gasteiger partial charge in [-0.15, -0.1) is 0 Å². The van der Waals surface area contributed by atoms with E-state index in [1.807, 2.05) is 12.1 Å². The smallest absolute Gasteiger partial charge is 0.223 e. The predicted octanol–water partition coefficient (Wildman–Crippen LogP) is 1.99. The van der Waals surface area contributed by atoms with E-state index < -0.39 is 0 Å². The van der Waals surface area contributed by atoms with E-state index in [9.17, 15) is 9.18 Å². The van der Waals surface area contributed by atoms with Crippen LogP contribution in [0.15, 0.2) is 24.3 Å². The second kappa shape index (κ2) is 3.30. The molecule has 0 radical (unpaired) electrons. The maximum absolute atomic E-state index is 13.8. The Bertz CT molecular complexity index is 445. The Hall–Kier alpha value is -1.38. The van der Waals surface area contributed by atoms with E-state index in [-0.39, 0.29) is 23.1 Å². The van der Waals surface area contributed by atoms with Gasteiger partial charge in [-0.05, 0) is 30.9 Å². The molecule has 1 aromatic rings. The molecule has 2 aliphatic rings. The summed E-state index contributed by atoms with van der Waals surface area (Å²) >= 11 is 0. The van der Waals surface area contributed by atoms with E-state index in [0.717, 1.165) is 24.8 Å². The third-order valence-electron chi connectivity index (χ3n) is 4.03. The van der Waals surface area contributed by atoms with Gasteiger partial charge in [0, 0.05) is 17.9 Å². The van der Waals surface area contributed by atoms with Gasteiger partial charge in [0.25, 0.3) is 0 Å². The van der Waals surface area contributed by atoms with Crippen LogP contribution in [0.1, 0.15) is 24.8 Å². The summed E-state index contributed by atoms with van der Waals surface area (Å²) in [7, 11) is 0. The third kappa shape index (κ3) is 1.27. The topological polar surface area (TPSA) is 29.1 Å². The van der Waals surface area contributed by atoms with Gasteiger partial charge >= 0.3 is 0 Å². The summed E-state index contributed by atoms with van der Waals surface area (Å²) in [6.07, 6.45) is 2.61. The molecule has 2 fully saturated rings. The number of rotatable bonds is 1. The SMILES string of the molecule is O=C1NCC2(c3ccccc3F)CCC1C2. The molecule has 2 bridgehead atoms. The third-order valence-corrected chi connectivity index (χ3v) is 4.03. The summed E-state index contributed by atoms with van der Waals surface area (Å²) in [5.74, 6) is 0.0946. The molecule has 2 atom stereocenters. The van der Waals surface area contributed by atoms with Crippen molar-refractivity contribution < 1.29 is 9.18 Å². The Labute approximate surface area is 93.9 Å². The van der Waals surface area contributed by atoms with Gasteiger partial charge in [0.15, 0.2) is 0 Å². The van der Waals surface area contributed by atoms with Crippen LogP contribution >= 0.6 is 0 Å². The molecule has 0 aromatic heterocycles. The van der Waals surface area contributed by atoms with Crippen molar-refractivity contribution in [1.29, 1.82) is 0 Å². The quantitative estimate of drug-likeness (QED) is 0.769. The zero-order valence-electron chi connectivity index (χ0n) is 9.00. The minimum absolute atomic E-state index is 0.0911. The number of hydrogen-bond acceptors (Lipinski definition) is 1. The van der Waals surface area contributed by atoms with Crippen molar-refractivity contribution >= 4 is 5.91 Å². The summed E-state index contributed by atoms with van der Waals surface area (Å²) in [6.45, 7) is 0.587. The maximum atomic E-state index is 13.8. The Kier molecular flexibility index (Phi) is 2.03. The first-order valence-corrected chi connectivity index (χ1v) is 5.74. The summed E-state index contributed by atoms with van der Waals surface area (Å²) in [5.41, 5.74) is 0.627. The van der Waals surface area contributed by atoms with Crippen LogP contribution in [-0.4, -0.2) is 12.5 Å². The first-order valence-electron chi connectivity index (χ1n) is 5.74. The first kappa shape index (κ1) is 9.82. The molecule has 2 nitrogen and oxygen atoms in total. The largest absolute Gasteiger partial charge is 0.355 e. The average Bonchev–Trinajstić information content (AvgIpc) is 2.66. The van der Waals surface area contributed by atoms with Crippen LogP contribution < -0.4 is 5.32 Å². The minimum Gasteiger partial charge on any atom is -0.355 e. The van der Waals surface area contributed by atoms with Gasteiger partial charge < -0.3 is 5.32 Å². The van der Waals surface area contributed by atoms with Crippen molar-refractivity contribution in [3.8, 4) is 0 Å². The lowest BCUT2D eigenvalue weighted by atomic mass is 9.76. The molecule has 84 valence electrons. The molecule has 1 saturated carbocycles. The summed E-state index contributed by atoms with van der Waals surface area (Å²) in [4.78, 5) is 11.5. The molecule has 1 aromatic carbocycles. The summed E-state index contributed by atoms with van der Waals surface area (Å²) in [5, 5.41) is 2.90. The highest BCUT2D eigenvalue weighted by atomic mass is 19.1. The van der Waals surface area contributed by atoms with Crippen molar-refractivity contribution in [2.24, 2.45) is 5.92 Å². The fraction of sp³-hybridized carbons (Fsp3) is 0.462. The fourth-order valence-corrected chi connectivity index (χ4v) is 3.14. The molecule has 1 saturated heterocycles. The number of carbonyl (C=O) groups excluding carboxylic acids is 1. The summed E-state index contributed by atoms with van der Waals surface area (Å²) in [6, 6.07) is 6.95. The van der Waals surface area contributed by atoms with Crippen molar-refractivity contribution in [1.82, 2.24) is 5.32 Å². The van der Waals surface area contributed by atoms with Crippen LogP contribution in [0.2, 0.25) is 0 Å². The van der Waals surface area contributed by atoms with Gasteiger partial charge in [-0.2, -0.15) is 0 Å². The Balaban J connectivity index is 2.02. The molecule has 1 aliphatic heterocycles. The average molecular weight is 219 g/mol. The van der Waals surface area contributed by atoms with Gasteiger partial charge in [-0.25, -0.2) is 4.39 Å². The van der Waals surface area contributed by atoms with Crippen LogP contribution in [0.5, 0.6) is 0 Å². The zero-order chi connectivity index (χ0) is 11.2. The molecule has 1 heterocycles. The number of carbonyl (C=O) groups is 1. The number of fused-ring (bicyclic) bond motifs is 2. The Morgan fingerprint density at radius 2 is 2.19 bits per heavy atom. The lowest BCUT2D eigenvalue weighted by Gasteiger charge is -2.34. The summed E-state index contributed by atoms with van der Waals surface area (Å²) < 4.78 is 13.8. The highest BCUT2D eigenvalue weighted by Gasteiger charge is 2.47. The fourth-order valence-electron chi connectivity index (χ4n) is 3.14. The highest BCUT2D eigenvalue weighted by Crippen LogP contribution is 2.46. The highest BCUT2D eigenvalue weighted by molar-refractivity contribution is 5.80. The van der Waals surface area contributed by atoms with E-state index in [1.54, 1.807) is 6.07 Å². The van der Waals surface area contributed by atoms with Crippen molar-refractivity contribution in [3.63, 3.8) is 0 Å². The van der Waals surface area contributed by atoms with Gasteiger partial charge in [0.05, 0.1) is 0 Å². The first-order chi connectivity index (χ1) is 7.71. The second-order valence-electron chi connectivity index (χ2n) is 4.92. The molecule has 1 aliphatic carbocycles. The van der Waals surface area contributed by atoms with Crippen molar-refractivity contribution in [3.05, 3.63) is 35.6 Å². The Morgan fingerprint density at radius 3 is 3.00 bits per heavy atom. The normalized spacial score (nSPS) is 32.6. The van der Waals surface area contributed by atoms with Gasteiger partial charge in [-0.3, -0.25) is 4.79 Å². The van der Waals surface area contributed by atoms with Crippen LogP contribution in [-0.2, 0) is 10.2 Å². The number of benzene rings is 1. The number of piperidine rings is 1. The van der Waals surface area contributed by atoms with E-state index in [0.29, 0.717) is 6.54 Å². The lowest BCUT2D eigenvalue weighted by molar-refractivity contribution is -0.126. The van der Waals surface area contributed by atoms with Crippen LogP contribution in [0.3, 0.4) is 0 Å². The molecule has 3 heteroatoms. The molecule has 16 heavy (non-hydrogen) atoms. The molecule has 0 spiro atoms. The van der Waals surface area contributed by atoms with Crippen molar-refractivity contribution in [2.45, 2.75) is 24.7 Å². The lowest BCUT2D eigenvalue weighted by Crippen LogP contribution is -2.46. The minimum atomic E-state index is -0.149. The molecule has 3 rings (SSSR count). The van der Waals surface area contributed by atoms with E-state index >= 15 is 0 Å². The number of amides is 1. The van der Waals surface area contributed by atoms with E-state index in [1.165, 1.54) is 6.07 Å². The predicted molar refractivity (Wildman–Crippen MR) is 58.4 cm³/mol. The van der Waals surface area contributed by atoms with Crippen LogP contribution in [0.4, 0.5) is 4.39 Å². The maximum Gasteiger partial charge on any atom is 0.223 e. The van der Waals surface area contributed by atoms with E-state index in [2.05, 4.69) is 5.32 Å². The van der Waals surface area contributed by atoms with Crippen molar-refractivity contribution in [2.75, 3.05) is 6.54 Å². The van der Waals surface area contributed by atoms with Gasteiger partial charge in [0.1, 0.15) is 5.82 Å². The monoisotopic (exact) mass is 219 g/mol. The van der Waals surface area contributed by atoms with Gasteiger partial charge in [-0.1, -0.05) is 18.2 Å². The zero-order valence-corrected chi connectivity index (χ0v) is 9.00. The van der Waals surface area contributed by atoms with E-state index in [4.69, 9.17) is 0 Å².